The third-order valence-corrected chi connectivity index (χ3v) is 5.88. The molecule has 7 nitrogen and oxygen atoms in total. The molecule has 1 fully saturated rings. The Hall–Kier alpha value is -1.64. The summed E-state index contributed by atoms with van der Waals surface area (Å²) in [6.45, 7) is 8.17. The first kappa shape index (κ1) is 21.7. The fourth-order valence-electron chi connectivity index (χ4n) is 3.14. The van der Waals surface area contributed by atoms with Gasteiger partial charge < -0.3 is 15.4 Å². The van der Waals surface area contributed by atoms with Crippen LogP contribution in [0.3, 0.4) is 0 Å². The van der Waals surface area contributed by atoms with Crippen LogP contribution in [-0.4, -0.2) is 72.0 Å². The summed E-state index contributed by atoms with van der Waals surface area (Å²) in [5, 5.41) is 6.60. The zero-order valence-corrected chi connectivity index (χ0v) is 17.4. The van der Waals surface area contributed by atoms with Crippen LogP contribution in [0.4, 0.5) is 0 Å². The molecule has 0 saturated carbocycles. The topological polar surface area (TPSA) is 83.0 Å². The molecule has 1 aromatic rings. The van der Waals surface area contributed by atoms with Crippen molar-refractivity contribution in [2.75, 3.05) is 52.7 Å². The molecule has 2 rings (SSSR count). The average molecular weight is 397 g/mol. The van der Waals surface area contributed by atoms with Crippen LogP contribution in [0, 0.1) is 6.92 Å². The lowest BCUT2D eigenvalue weighted by Gasteiger charge is -2.26. The number of hydrogen-bond donors (Lipinski definition) is 2. The summed E-state index contributed by atoms with van der Waals surface area (Å²) in [6.07, 6.45) is 3.47. The number of rotatable bonds is 8. The maximum atomic E-state index is 11.7. The number of aryl methyl sites for hydroxylation is 1. The van der Waals surface area contributed by atoms with E-state index in [1.807, 2.05) is 19.1 Å². The second kappa shape index (κ2) is 10.6. The zero-order valence-electron chi connectivity index (χ0n) is 16.6. The number of hydrogen-bond acceptors (Lipinski definition) is 5. The third kappa shape index (κ3) is 7.48. The van der Waals surface area contributed by atoms with Gasteiger partial charge in [0.2, 0.25) is 0 Å². The molecule has 1 aromatic carbocycles. The number of guanidine groups is 1. The first-order valence-electron chi connectivity index (χ1n) is 9.44. The zero-order chi connectivity index (χ0) is 19.7. The summed E-state index contributed by atoms with van der Waals surface area (Å²) in [5.41, 5.74) is 1.79. The molecular formula is C19H32N4O3S. The van der Waals surface area contributed by atoms with Crippen molar-refractivity contribution in [2.45, 2.75) is 31.2 Å². The molecule has 2 N–H and O–H groups in total. The molecule has 27 heavy (non-hydrogen) atoms. The van der Waals surface area contributed by atoms with Crippen LogP contribution in [0.25, 0.3) is 0 Å². The van der Waals surface area contributed by atoms with E-state index < -0.39 is 9.84 Å². The number of sulfone groups is 1. The van der Waals surface area contributed by atoms with E-state index in [1.165, 1.54) is 6.26 Å². The van der Waals surface area contributed by atoms with Crippen molar-refractivity contribution in [3.8, 4) is 0 Å². The first-order chi connectivity index (χ1) is 12.9. The first-order valence-corrected chi connectivity index (χ1v) is 11.3. The minimum Gasteiger partial charge on any atom is -0.379 e. The molecule has 8 heteroatoms. The molecule has 0 aliphatic carbocycles. The highest BCUT2D eigenvalue weighted by atomic mass is 32.2. The number of ether oxygens (including phenoxy) is 1. The Morgan fingerprint density at radius 2 is 1.96 bits per heavy atom. The minimum absolute atomic E-state index is 0.383. The Labute approximate surface area is 163 Å². The summed E-state index contributed by atoms with van der Waals surface area (Å²) < 4.78 is 28.8. The Morgan fingerprint density at radius 1 is 1.22 bits per heavy atom. The molecule has 1 saturated heterocycles. The largest absolute Gasteiger partial charge is 0.379 e. The predicted molar refractivity (Wildman–Crippen MR) is 109 cm³/mol. The highest BCUT2D eigenvalue weighted by Crippen LogP contribution is 2.16. The second-order valence-electron chi connectivity index (χ2n) is 6.89. The molecule has 1 heterocycles. The Morgan fingerprint density at radius 3 is 2.59 bits per heavy atom. The van der Waals surface area contributed by atoms with Crippen LogP contribution in [0.2, 0.25) is 0 Å². The molecule has 1 aliphatic rings. The minimum atomic E-state index is -3.18. The van der Waals surface area contributed by atoms with E-state index in [1.54, 1.807) is 13.1 Å². The van der Waals surface area contributed by atoms with E-state index in [4.69, 9.17) is 4.74 Å². The average Bonchev–Trinajstić information content (AvgIpc) is 2.64. The fourth-order valence-corrected chi connectivity index (χ4v) is 4.09. The van der Waals surface area contributed by atoms with Crippen molar-refractivity contribution in [3.63, 3.8) is 0 Å². The van der Waals surface area contributed by atoms with Crippen molar-refractivity contribution < 1.29 is 13.2 Å². The van der Waals surface area contributed by atoms with Crippen molar-refractivity contribution in [1.82, 2.24) is 15.5 Å². The highest BCUT2D eigenvalue weighted by Gasteiger charge is 2.11. The SMILES string of the molecule is CN=C(NCCCCN1CCOCC1)NCc1ccc(S(C)(=O)=O)c(C)c1. The lowest BCUT2D eigenvalue weighted by molar-refractivity contribution is 0.0372. The van der Waals surface area contributed by atoms with E-state index in [0.717, 1.165) is 69.3 Å². The number of morpholine rings is 1. The van der Waals surface area contributed by atoms with Gasteiger partial charge in [0, 0.05) is 39.5 Å². The number of benzene rings is 1. The fraction of sp³-hybridized carbons (Fsp3) is 0.632. The van der Waals surface area contributed by atoms with Crippen molar-refractivity contribution in [1.29, 1.82) is 0 Å². The van der Waals surface area contributed by atoms with Crippen LogP contribution in [0.5, 0.6) is 0 Å². The number of nitrogens with one attached hydrogen (secondary N) is 2. The van der Waals surface area contributed by atoms with E-state index in [9.17, 15) is 8.42 Å². The van der Waals surface area contributed by atoms with Gasteiger partial charge in [-0.25, -0.2) is 8.42 Å². The molecule has 0 spiro atoms. The molecule has 1 aliphatic heterocycles. The van der Waals surface area contributed by atoms with E-state index >= 15 is 0 Å². The van der Waals surface area contributed by atoms with Crippen molar-refractivity contribution >= 4 is 15.8 Å². The Kier molecular flexibility index (Phi) is 8.53. The summed E-state index contributed by atoms with van der Waals surface area (Å²) in [6, 6.07) is 5.41. The van der Waals surface area contributed by atoms with Crippen LogP contribution >= 0.6 is 0 Å². The molecule has 0 atom stereocenters. The van der Waals surface area contributed by atoms with Gasteiger partial charge >= 0.3 is 0 Å². The van der Waals surface area contributed by atoms with Crippen LogP contribution in [0.1, 0.15) is 24.0 Å². The van der Waals surface area contributed by atoms with E-state index in [0.29, 0.717) is 11.4 Å². The van der Waals surface area contributed by atoms with Gasteiger partial charge in [-0.1, -0.05) is 12.1 Å². The molecule has 0 aromatic heterocycles. The van der Waals surface area contributed by atoms with Gasteiger partial charge in [0.25, 0.3) is 0 Å². The monoisotopic (exact) mass is 396 g/mol. The third-order valence-electron chi connectivity index (χ3n) is 4.62. The maximum absolute atomic E-state index is 11.7. The molecular weight excluding hydrogens is 364 g/mol. The second-order valence-corrected chi connectivity index (χ2v) is 8.87. The molecule has 0 radical (unpaired) electrons. The van der Waals surface area contributed by atoms with Gasteiger partial charge in [-0.15, -0.1) is 0 Å². The van der Waals surface area contributed by atoms with Gasteiger partial charge in [0.1, 0.15) is 0 Å². The number of unbranched alkanes of at least 4 members (excludes halogenated alkanes) is 1. The normalized spacial score (nSPS) is 16.3. The van der Waals surface area contributed by atoms with Gasteiger partial charge in [0.15, 0.2) is 15.8 Å². The van der Waals surface area contributed by atoms with Crippen LogP contribution in [0.15, 0.2) is 28.1 Å². The van der Waals surface area contributed by atoms with Gasteiger partial charge in [-0.05, 0) is 43.5 Å². The molecule has 0 amide bonds. The standard InChI is InChI=1S/C19H32N4O3S/c1-16-14-17(6-7-18(16)27(3,24)25)15-22-19(20-2)21-8-4-5-9-23-10-12-26-13-11-23/h6-7,14H,4-5,8-13,15H2,1-3H3,(H2,20,21,22). The highest BCUT2D eigenvalue weighted by molar-refractivity contribution is 7.90. The maximum Gasteiger partial charge on any atom is 0.191 e. The number of aliphatic imine (C=N–C) groups is 1. The van der Waals surface area contributed by atoms with Gasteiger partial charge in [0.05, 0.1) is 18.1 Å². The molecule has 152 valence electrons. The van der Waals surface area contributed by atoms with E-state index in [-0.39, 0.29) is 0 Å². The number of nitrogens with zero attached hydrogens (tertiary/aromatic N) is 2. The lowest BCUT2D eigenvalue weighted by Crippen LogP contribution is -2.38. The summed E-state index contributed by atoms with van der Waals surface area (Å²) in [5.74, 6) is 0.756. The summed E-state index contributed by atoms with van der Waals surface area (Å²) >= 11 is 0. The van der Waals surface area contributed by atoms with Crippen LogP contribution in [-0.2, 0) is 21.1 Å². The molecule has 0 unspecified atom stereocenters. The summed E-state index contributed by atoms with van der Waals surface area (Å²) in [4.78, 5) is 7.07. The van der Waals surface area contributed by atoms with Gasteiger partial charge in [-0.3, -0.25) is 9.89 Å². The van der Waals surface area contributed by atoms with E-state index in [2.05, 4.69) is 20.5 Å². The van der Waals surface area contributed by atoms with Gasteiger partial charge in [-0.2, -0.15) is 0 Å². The quantitative estimate of drug-likeness (QED) is 0.390. The summed E-state index contributed by atoms with van der Waals surface area (Å²) in [7, 11) is -1.43. The van der Waals surface area contributed by atoms with Crippen LogP contribution < -0.4 is 10.6 Å². The molecule has 0 bridgehead atoms. The predicted octanol–water partition coefficient (Wildman–Crippen LogP) is 1.18. The Balaban J connectivity index is 1.70. The van der Waals surface area contributed by atoms with Crippen molar-refractivity contribution in [3.05, 3.63) is 29.3 Å². The van der Waals surface area contributed by atoms with Crippen molar-refractivity contribution in [2.24, 2.45) is 4.99 Å². The smallest absolute Gasteiger partial charge is 0.191 e. The lowest BCUT2D eigenvalue weighted by atomic mass is 10.1. The Bertz CT molecular complexity index is 728.